The molecule has 2 aliphatic heterocycles. The van der Waals surface area contributed by atoms with E-state index in [9.17, 15) is 0 Å². The van der Waals surface area contributed by atoms with Gasteiger partial charge in [-0.2, -0.15) is 0 Å². The first-order valence-corrected chi connectivity index (χ1v) is 7.91. The number of fused-ring (bicyclic) bond motifs is 1. The molecule has 0 spiro atoms. The Morgan fingerprint density at radius 3 is 2.90 bits per heavy atom. The Bertz CT molecular complexity index is 518. The maximum absolute atomic E-state index is 6.20. The Hall–Kier alpha value is -1.26. The Morgan fingerprint density at radius 1 is 1.38 bits per heavy atom. The van der Waals surface area contributed by atoms with Crippen molar-refractivity contribution in [3.8, 4) is 11.5 Å². The van der Waals surface area contributed by atoms with E-state index in [4.69, 9.17) is 15.2 Å². The summed E-state index contributed by atoms with van der Waals surface area (Å²) in [5, 5.41) is 0. The van der Waals surface area contributed by atoms with Crippen LogP contribution in [0.25, 0.3) is 0 Å². The first-order valence-electron chi connectivity index (χ1n) is 7.91. The van der Waals surface area contributed by atoms with Crippen LogP contribution in [0.15, 0.2) is 12.1 Å². The number of nitrogens with zero attached hydrogens (tertiary/aromatic N) is 1. The quantitative estimate of drug-likeness (QED) is 0.927. The number of likely N-dealkylation sites (tertiary alicyclic amines) is 1. The number of hydrogen-bond acceptors (Lipinski definition) is 4. The lowest BCUT2D eigenvalue weighted by molar-refractivity contribution is 0.160. The first-order chi connectivity index (χ1) is 10.1. The highest BCUT2D eigenvalue weighted by atomic mass is 16.5. The zero-order valence-electron chi connectivity index (χ0n) is 13.3. The highest BCUT2D eigenvalue weighted by Crippen LogP contribution is 2.35. The lowest BCUT2D eigenvalue weighted by Gasteiger charge is -2.35. The molecule has 0 aliphatic carbocycles. The summed E-state index contributed by atoms with van der Waals surface area (Å²) in [6.07, 6.45) is 2.41. The lowest BCUT2D eigenvalue weighted by Crippen LogP contribution is -2.47. The van der Waals surface area contributed by atoms with Crippen LogP contribution in [0.4, 0.5) is 0 Å². The number of ether oxygens (including phenoxy) is 2. The summed E-state index contributed by atoms with van der Waals surface area (Å²) in [5.41, 5.74) is 8.66. The molecule has 2 N–H and O–H groups in total. The topological polar surface area (TPSA) is 47.7 Å². The molecule has 21 heavy (non-hydrogen) atoms. The largest absolute Gasteiger partial charge is 0.496 e. The minimum atomic E-state index is 0.268. The second-order valence-electron chi connectivity index (χ2n) is 6.57. The molecule has 3 unspecified atom stereocenters. The highest BCUT2D eigenvalue weighted by molar-refractivity contribution is 5.48. The van der Waals surface area contributed by atoms with E-state index in [-0.39, 0.29) is 12.1 Å². The third-order valence-corrected chi connectivity index (χ3v) is 4.79. The molecule has 0 radical (unpaired) electrons. The molecule has 4 heteroatoms. The average molecular weight is 290 g/mol. The van der Waals surface area contributed by atoms with Crippen molar-refractivity contribution in [2.24, 2.45) is 11.7 Å². The van der Waals surface area contributed by atoms with Gasteiger partial charge in [0.15, 0.2) is 0 Å². The molecular weight excluding hydrogens is 264 g/mol. The van der Waals surface area contributed by atoms with Gasteiger partial charge in [-0.1, -0.05) is 6.92 Å². The van der Waals surface area contributed by atoms with Gasteiger partial charge in [0.2, 0.25) is 0 Å². The van der Waals surface area contributed by atoms with Crippen LogP contribution in [-0.2, 0) is 13.0 Å². The molecule has 1 fully saturated rings. The van der Waals surface area contributed by atoms with E-state index in [2.05, 4.69) is 30.9 Å². The highest BCUT2D eigenvalue weighted by Gasteiger charge is 2.26. The third-order valence-electron chi connectivity index (χ3n) is 4.79. The molecule has 2 aliphatic rings. The first kappa shape index (κ1) is 14.7. The van der Waals surface area contributed by atoms with Crippen LogP contribution in [0.2, 0.25) is 0 Å². The molecule has 1 aromatic rings. The minimum Gasteiger partial charge on any atom is -0.496 e. The second kappa shape index (κ2) is 5.85. The summed E-state index contributed by atoms with van der Waals surface area (Å²) in [5.74, 6) is 2.61. The van der Waals surface area contributed by atoms with Gasteiger partial charge in [0.05, 0.1) is 7.11 Å². The van der Waals surface area contributed by atoms with Crippen molar-refractivity contribution in [1.82, 2.24) is 4.90 Å². The number of nitrogens with two attached hydrogens (primary N) is 1. The lowest BCUT2D eigenvalue weighted by atomic mass is 9.94. The number of benzene rings is 1. The molecule has 1 aromatic carbocycles. The van der Waals surface area contributed by atoms with Crippen LogP contribution >= 0.6 is 0 Å². The van der Waals surface area contributed by atoms with Crippen LogP contribution in [0.5, 0.6) is 11.5 Å². The molecule has 0 saturated carbocycles. The van der Waals surface area contributed by atoms with Gasteiger partial charge in [0, 0.05) is 36.7 Å². The fraction of sp³-hybridized carbons (Fsp3) is 0.647. The van der Waals surface area contributed by atoms with Crippen LogP contribution in [0.3, 0.4) is 0 Å². The number of hydrogen-bond donors (Lipinski definition) is 1. The Labute approximate surface area is 127 Å². The molecular formula is C17H26N2O2. The van der Waals surface area contributed by atoms with Crippen LogP contribution in [-0.4, -0.2) is 37.2 Å². The molecule has 116 valence electrons. The van der Waals surface area contributed by atoms with Crippen LogP contribution in [0.1, 0.15) is 31.4 Å². The third kappa shape index (κ3) is 3.01. The summed E-state index contributed by atoms with van der Waals surface area (Å²) in [6.45, 7) is 7.30. The Balaban J connectivity index is 1.77. The predicted octanol–water partition coefficient (Wildman–Crippen LogP) is 2.19. The van der Waals surface area contributed by atoms with Gasteiger partial charge in [0.25, 0.3) is 0 Å². The number of methoxy groups -OCH3 is 1. The normalized spacial score (nSPS) is 29.0. The molecule has 4 nitrogen and oxygen atoms in total. The molecule has 2 heterocycles. The average Bonchev–Trinajstić information content (AvgIpc) is 2.81. The SMILES string of the molecule is COc1cc2c(cc1CN1CCC(C)C(N)C1)OC(C)C2. The van der Waals surface area contributed by atoms with Crippen molar-refractivity contribution in [3.63, 3.8) is 0 Å². The number of piperidine rings is 1. The Morgan fingerprint density at radius 2 is 2.19 bits per heavy atom. The zero-order chi connectivity index (χ0) is 15.0. The second-order valence-corrected chi connectivity index (χ2v) is 6.57. The maximum Gasteiger partial charge on any atom is 0.123 e. The maximum atomic E-state index is 6.20. The van der Waals surface area contributed by atoms with E-state index in [0.717, 1.165) is 37.6 Å². The van der Waals surface area contributed by atoms with Gasteiger partial charge in [-0.25, -0.2) is 0 Å². The van der Waals surface area contributed by atoms with E-state index in [1.165, 1.54) is 17.5 Å². The van der Waals surface area contributed by atoms with E-state index in [0.29, 0.717) is 5.92 Å². The fourth-order valence-corrected chi connectivity index (χ4v) is 3.35. The minimum absolute atomic E-state index is 0.268. The monoisotopic (exact) mass is 290 g/mol. The summed E-state index contributed by atoms with van der Waals surface area (Å²) in [6, 6.07) is 4.57. The van der Waals surface area contributed by atoms with Gasteiger partial charge < -0.3 is 15.2 Å². The van der Waals surface area contributed by atoms with Crippen LogP contribution in [0, 0.1) is 5.92 Å². The van der Waals surface area contributed by atoms with Crippen molar-refractivity contribution < 1.29 is 9.47 Å². The van der Waals surface area contributed by atoms with Gasteiger partial charge in [-0.3, -0.25) is 4.90 Å². The Kier molecular flexibility index (Phi) is 4.09. The van der Waals surface area contributed by atoms with Crippen LogP contribution < -0.4 is 15.2 Å². The van der Waals surface area contributed by atoms with Crippen molar-refractivity contribution in [2.75, 3.05) is 20.2 Å². The summed E-state index contributed by atoms with van der Waals surface area (Å²) in [4.78, 5) is 2.42. The van der Waals surface area contributed by atoms with Gasteiger partial charge in [0.1, 0.15) is 17.6 Å². The van der Waals surface area contributed by atoms with Crippen molar-refractivity contribution in [3.05, 3.63) is 23.3 Å². The molecule has 0 aromatic heterocycles. The van der Waals surface area contributed by atoms with Crippen molar-refractivity contribution >= 4 is 0 Å². The van der Waals surface area contributed by atoms with E-state index in [1.54, 1.807) is 7.11 Å². The molecule has 3 atom stereocenters. The summed E-state index contributed by atoms with van der Waals surface area (Å²) in [7, 11) is 1.74. The van der Waals surface area contributed by atoms with E-state index in [1.807, 2.05) is 0 Å². The molecule has 1 saturated heterocycles. The molecule has 0 bridgehead atoms. The van der Waals surface area contributed by atoms with Gasteiger partial charge in [-0.05, 0) is 37.9 Å². The van der Waals surface area contributed by atoms with Gasteiger partial charge in [-0.15, -0.1) is 0 Å². The predicted molar refractivity (Wildman–Crippen MR) is 83.8 cm³/mol. The van der Waals surface area contributed by atoms with Crippen molar-refractivity contribution in [1.29, 1.82) is 0 Å². The molecule has 0 amide bonds. The molecule has 3 rings (SSSR count). The zero-order valence-corrected chi connectivity index (χ0v) is 13.3. The summed E-state index contributed by atoms with van der Waals surface area (Å²) < 4.78 is 11.5. The standard InChI is InChI=1S/C17H26N2O2/c1-11-4-5-19(10-15(11)18)9-14-8-17-13(6-12(2)21-17)7-16(14)20-3/h7-8,11-12,15H,4-6,9-10,18H2,1-3H3. The van der Waals surface area contributed by atoms with Gasteiger partial charge >= 0.3 is 0 Å². The number of rotatable bonds is 3. The summed E-state index contributed by atoms with van der Waals surface area (Å²) >= 11 is 0. The fourth-order valence-electron chi connectivity index (χ4n) is 3.35. The van der Waals surface area contributed by atoms with Crippen molar-refractivity contribution in [2.45, 2.75) is 45.4 Å². The smallest absolute Gasteiger partial charge is 0.123 e. The van der Waals surface area contributed by atoms with E-state index >= 15 is 0 Å². The van der Waals surface area contributed by atoms with E-state index < -0.39 is 0 Å².